The maximum atomic E-state index is 11.8. The lowest BCUT2D eigenvalue weighted by Gasteiger charge is -2.06. The van der Waals surface area contributed by atoms with Gasteiger partial charge in [-0.15, -0.1) is 0 Å². The van der Waals surface area contributed by atoms with Gasteiger partial charge in [0.05, 0.1) is 13.5 Å². The number of hydrogen-bond acceptors (Lipinski definition) is 4. The molecule has 0 N–H and O–H groups in total. The molecular formula is C15H18O4. The first kappa shape index (κ1) is 15.0. The van der Waals surface area contributed by atoms with Gasteiger partial charge in [0.2, 0.25) is 0 Å². The molecule has 0 saturated carbocycles. The van der Waals surface area contributed by atoms with Crippen molar-refractivity contribution < 1.29 is 19.1 Å². The first-order chi connectivity index (χ1) is 9.02. The van der Waals surface area contributed by atoms with Crippen LogP contribution in [0.2, 0.25) is 0 Å². The van der Waals surface area contributed by atoms with Gasteiger partial charge in [-0.3, -0.25) is 9.59 Å². The highest BCUT2D eigenvalue weighted by Crippen LogP contribution is 2.14. The fourth-order valence-electron chi connectivity index (χ4n) is 1.41. The molecule has 0 spiro atoms. The number of carbonyl (C=O) groups excluding carboxylic acids is 2. The molecule has 0 unspecified atom stereocenters. The first-order valence-corrected chi connectivity index (χ1v) is 6.00. The third-order valence-electron chi connectivity index (χ3n) is 2.45. The quantitative estimate of drug-likeness (QED) is 0.431. The predicted molar refractivity (Wildman–Crippen MR) is 72.3 cm³/mol. The van der Waals surface area contributed by atoms with Crippen LogP contribution in [0.1, 0.15) is 30.1 Å². The molecule has 0 aliphatic carbocycles. The minimum absolute atomic E-state index is 0.0862. The Morgan fingerprint density at radius 3 is 2.32 bits per heavy atom. The number of Topliss-reactive ketones (excluding diaryl/α,β-unsaturated/α-hetero) is 1. The first-order valence-electron chi connectivity index (χ1n) is 6.00. The van der Waals surface area contributed by atoms with Gasteiger partial charge in [-0.2, -0.15) is 0 Å². The predicted octanol–water partition coefficient (Wildman–Crippen LogP) is 2.78. The summed E-state index contributed by atoms with van der Waals surface area (Å²) in [7, 11) is 1.31. The van der Waals surface area contributed by atoms with Crippen molar-refractivity contribution >= 4 is 11.8 Å². The van der Waals surface area contributed by atoms with E-state index in [2.05, 4.69) is 11.3 Å². The molecule has 0 aliphatic heterocycles. The number of methoxy groups -OCH3 is 1. The molecular weight excluding hydrogens is 244 g/mol. The fourth-order valence-corrected chi connectivity index (χ4v) is 1.41. The Balaban J connectivity index is 2.53. The van der Waals surface area contributed by atoms with E-state index in [4.69, 9.17) is 4.74 Å². The van der Waals surface area contributed by atoms with Crippen LogP contribution in [-0.4, -0.2) is 25.5 Å². The third-order valence-corrected chi connectivity index (χ3v) is 2.45. The van der Waals surface area contributed by atoms with E-state index in [9.17, 15) is 9.59 Å². The zero-order valence-corrected chi connectivity index (χ0v) is 11.3. The van der Waals surface area contributed by atoms with Gasteiger partial charge in [-0.1, -0.05) is 6.58 Å². The van der Waals surface area contributed by atoms with Crippen molar-refractivity contribution in [3.8, 4) is 5.75 Å². The van der Waals surface area contributed by atoms with E-state index >= 15 is 0 Å². The number of hydrogen-bond donors (Lipinski definition) is 0. The molecule has 0 amide bonds. The Morgan fingerprint density at radius 2 is 1.79 bits per heavy atom. The van der Waals surface area contributed by atoms with Gasteiger partial charge >= 0.3 is 5.97 Å². The monoisotopic (exact) mass is 262 g/mol. The largest absolute Gasteiger partial charge is 0.489 e. The molecule has 1 aromatic carbocycles. The molecule has 0 heterocycles. The van der Waals surface area contributed by atoms with Crippen LogP contribution in [0.25, 0.3) is 0 Å². The van der Waals surface area contributed by atoms with E-state index in [0.29, 0.717) is 17.9 Å². The van der Waals surface area contributed by atoms with E-state index in [1.807, 2.05) is 6.92 Å². The van der Waals surface area contributed by atoms with Crippen molar-refractivity contribution in [2.75, 3.05) is 13.7 Å². The summed E-state index contributed by atoms with van der Waals surface area (Å²) in [6.07, 6.45) is 0.252. The Labute approximate surface area is 113 Å². The summed E-state index contributed by atoms with van der Waals surface area (Å²) in [5, 5.41) is 0. The van der Waals surface area contributed by atoms with Crippen molar-refractivity contribution in [1.29, 1.82) is 0 Å². The van der Waals surface area contributed by atoms with Gasteiger partial charge in [0.25, 0.3) is 0 Å². The van der Waals surface area contributed by atoms with Gasteiger partial charge in [0.1, 0.15) is 12.4 Å². The summed E-state index contributed by atoms with van der Waals surface area (Å²) in [6, 6.07) is 6.84. The van der Waals surface area contributed by atoms with Crippen LogP contribution in [0.4, 0.5) is 0 Å². The van der Waals surface area contributed by atoms with Gasteiger partial charge < -0.3 is 9.47 Å². The van der Waals surface area contributed by atoms with Crippen molar-refractivity contribution in [2.24, 2.45) is 0 Å². The highest BCUT2D eigenvalue weighted by atomic mass is 16.5. The van der Waals surface area contributed by atoms with Crippen LogP contribution < -0.4 is 4.74 Å². The molecule has 1 rings (SSSR count). The van der Waals surface area contributed by atoms with E-state index in [1.54, 1.807) is 24.3 Å². The molecule has 0 atom stereocenters. The van der Waals surface area contributed by atoms with Crippen LogP contribution >= 0.6 is 0 Å². The lowest BCUT2D eigenvalue weighted by Crippen LogP contribution is -2.06. The maximum absolute atomic E-state index is 11.8. The van der Waals surface area contributed by atoms with Crippen molar-refractivity contribution in [3.05, 3.63) is 42.0 Å². The molecule has 0 saturated heterocycles. The molecule has 4 nitrogen and oxygen atoms in total. The van der Waals surface area contributed by atoms with Gasteiger partial charge in [-0.05, 0) is 36.8 Å². The van der Waals surface area contributed by atoms with Crippen molar-refractivity contribution in [2.45, 2.75) is 19.8 Å². The Hall–Kier alpha value is -2.10. The van der Waals surface area contributed by atoms with Crippen molar-refractivity contribution in [1.82, 2.24) is 0 Å². The summed E-state index contributed by atoms with van der Waals surface area (Å²) in [4.78, 5) is 22.7. The summed E-state index contributed by atoms with van der Waals surface area (Å²) in [5.74, 6) is 0.221. The van der Waals surface area contributed by atoms with Gasteiger partial charge in [0.15, 0.2) is 5.78 Å². The summed E-state index contributed by atoms with van der Waals surface area (Å²) >= 11 is 0. The second-order valence-electron chi connectivity index (χ2n) is 4.27. The molecule has 102 valence electrons. The second kappa shape index (κ2) is 7.36. The van der Waals surface area contributed by atoms with E-state index in [1.165, 1.54) is 7.11 Å². The van der Waals surface area contributed by atoms with Crippen LogP contribution in [0.3, 0.4) is 0 Å². The molecule has 0 aliphatic rings. The molecule has 1 aromatic rings. The summed E-state index contributed by atoms with van der Waals surface area (Å²) in [5.41, 5.74) is 1.49. The van der Waals surface area contributed by atoms with E-state index < -0.39 is 0 Å². The van der Waals surface area contributed by atoms with E-state index in [-0.39, 0.29) is 24.6 Å². The van der Waals surface area contributed by atoms with Crippen LogP contribution in [-0.2, 0) is 9.53 Å². The van der Waals surface area contributed by atoms with Crippen molar-refractivity contribution in [3.63, 3.8) is 0 Å². The molecule has 4 heteroatoms. The average molecular weight is 262 g/mol. The third kappa shape index (κ3) is 5.38. The number of ether oxygens (including phenoxy) is 2. The molecule has 19 heavy (non-hydrogen) atoms. The second-order valence-corrected chi connectivity index (χ2v) is 4.27. The van der Waals surface area contributed by atoms with Crippen LogP contribution in [0.15, 0.2) is 36.4 Å². The zero-order chi connectivity index (χ0) is 14.3. The topological polar surface area (TPSA) is 52.6 Å². The zero-order valence-electron chi connectivity index (χ0n) is 11.3. The average Bonchev–Trinajstić information content (AvgIpc) is 2.42. The normalized spacial score (nSPS) is 9.79. The van der Waals surface area contributed by atoms with Gasteiger partial charge in [0, 0.05) is 12.0 Å². The van der Waals surface area contributed by atoms with E-state index in [0.717, 1.165) is 5.57 Å². The van der Waals surface area contributed by atoms with Crippen LogP contribution in [0, 0.1) is 0 Å². The number of carbonyl (C=O) groups is 2. The molecule has 0 radical (unpaired) electrons. The highest BCUT2D eigenvalue weighted by molar-refractivity contribution is 5.97. The van der Waals surface area contributed by atoms with Gasteiger partial charge in [-0.25, -0.2) is 0 Å². The Morgan fingerprint density at radius 1 is 1.16 bits per heavy atom. The number of rotatable bonds is 7. The SMILES string of the molecule is C=C(C)COc1ccc(C(=O)CCC(=O)OC)cc1. The Kier molecular flexibility index (Phi) is 5.79. The van der Waals surface area contributed by atoms with Crippen LogP contribution in [0.5, 0.6) is 5.75 Å². The number of esters is 1. The lowest BCUT2D eigenvalue weighted by atomic mass is 10.1. The molecule has 0 aromatic heterocycles. The molecule has 0 fully saturated rings. The number of benzene rings is 1. The minimum atomic E-state index is -0.380. The highest BCUT2D eigenvalue weighted by Gasteiger charge is 2.09. The lowest BCUT2D eigenvalue weighted by molar-refractivity contribution is -0.140. The summed E-state index contributed by atoms with van der Waals surface area (Å²) < 4.78 is 9.92. The smallest absolute Gasteiger partial charge is 0.305 e. The fraction of sp³-hybridized carbons (Fsp3) is 0.333. The standard InChI is InChI=1S/C15H18O4/c1-11(2)10-19-13-6-4-12(5-7-13)14(16)8-9-15(17)18-3/h4-7H,1,8-10H2,2-3H3. The minimum Gasteiger partial charge on any atom is -0.489 e. The maximum Gasteiger partial charge on any atom is 0.305 e. The summed E-state index contributed by atoms with van der Waals surface area (Å²) in [6.45, 7) is 6.08. The number of ketones is 1. The molecule has 0 bridgehead atoms. The Bertz CT molecular complexity index is 460.